The molecule has 166 valence electrons. The molecule has 0 saturated heterocycles. The van der Waals surface area contributed by atoms with E-state index in [0.717, 1.165) is 0 Å². The molecule has 0 aliphatic carbocycles. The molecular weight excluding hydrogens is 420 g/mol. The lowest BCUT2D eigenvalue weighted by molar-refractivity contribution is -2.00. The lowest BCUT2D eigenvalue weighted by atomic mass is 9.77. The number of aliphatic hydroxyl groups is 1. The Kier molecular flexibility index (Phi) is 6.57. The van der Waals surface area contributed by atoms with Gasteiger partial charge in [0.1, 0.15) is 6.10 Å². The lowest BCUT2D eigenvalue weighted by Gasteiger charge is -2.24. The van der Waals surface area contributed by atoms with E-state index in [9.17, 15) is 5.11 Å². The summed E-state index contributed by atoms with van der Waals surface area (Å²) < 4.78 is 36.3. The minimum atomic E-state index is -4.94. The van der Waals surface area contributed by atoms with E-state index in [2.05, 4.69) is 92.0 Å². The zero-order chi connectivity index (χ0) is 23.0. The predicted octanol–water partition coefficient (Wildman–Crippen LogP) is -0.779. The Labute approximate surface area is 184 Å². The van der Waals surface area contributed by atoms with Crippen LogP contribution in [0.25, 0.3) is 6.08 Å². The Bertz CT molecular complexity index is 1000. The Balaban J connectivity index is 0.000000491. The van der Waals surface area contributed by atoms with Crippen LogP contribution in [-0.2, 0) is 5.41 Å². The van der Waals surface area contributed by atoms with E-state index in [1.165, 1.54) is 33.8 Å². The summed E-state index contributed by atoms with van der Waals surface area (Å²) in [5.41, 5.74) is 7.48. The fourth-order valence-corrected chi connectivity index (χ4v) is 4.41. The highest BCUT2D eigenvalue weighted by Gasteiger charge is 2.49. The van der Waals surface area contributed by atoms with Gasteiger partial charge in [0.25, 0.3) is 0 Å². The van der Waals surface area contributed by atoms with Crippen molar-refractivity contribution in [1.82, 2.24) is 0 Å². The van der Waals surface area contributed by atoms with Crippen LogP contribution in [0.3, 0.4) is 0 Å². The lowest BCUT2D eigenvalue weighted by Crippen LogP contribution is -2.68. The molecule has 0 aromatic heterocycles. The first-order valence-electron chi connectivity index (χ1n) is 9.90. The third-order valence-corrected chi connectivity index (χ3v) is 5.63. The Morgan fingerprint density at radius 1 is 1.03 bits per heavy atom. The number of nitrogens with zero attached hydrogens (tertiary/aromatic N) is 2. The zero-order valence-corrected chi connectivity index (χ0v) is 18.8. The minimum Gasteiger partial charge on any atom is -0.386 e. The monoisotopic (exact) mass is 446 g/mol. The molecule has 1 atom stereocenters. The first-order valence-corrected chi connectivity index (χ1v) is 11.1. The van der Waals surface area contributed by atoms with Gasteiger partial charge in [-0.1, -0.05) is 30.3 Å². The number of anilines is 1. The quantitative estimate of drug-likeness (QED) is 0.604. The largest absolute Gasteiger partial charge is 0.386 e. The minimum absolute atomic E-state index is 0.0495. The number of rotatable bonds is 2. The number of halogens is 1. The van der Waals surface area contributed by atoms with Gasteiger partial charge in [-0.2, -0.15) is 4.58 Å². The molecule has 2 aliphatic rings. The molecule has 0 saturated carbocycles. The average molecular weight is 447 g/mol. The van der Waals surface area contributed by atoms with Crippen LogP contribution < -0.4 is 23.5 Å². The molecule has 0 fully saturated rings. The van der Waals surface area contributed by atoms with Crippen LogP contribution >= 0.6 is 0 Å². The zero-order valence-electron chi connectivity index (χ0n) is 18.0. The molecule has 0 bridgehead atoms. The van der Waals surface area contributed by atoms with Gasteiger partial charge < -0.3 is 10.0 Å². The van der Waals surface area contributed by atoms with Gasteiger partial charge in [-0.15, -0.1) is 10.2 Å². The third kappa shape index (κ3) is 5.33. The molecule has 2 heterocycles. The van der Waals surface area contributed by atoms with E-state index in [0.29, 0.717) is 13.0 Å². The summed E-state index contributed by atoms with van der Waals surface area (Å²) in [6, 6.07) is 17.2. The summed E-state index contributed by atoms with van der Waals surface area (Å²) in [4.78, 5) is 2.11. The van der Waals surface area contributed by atoms with Crippen LogP contribution in [0.1, 0.15) is 31.4 Å². The van der Waals surface area contributed by atoms with E-state index in [4.69, 9.17) is 18.6 Å². The average Bonchev–Trinajstić information content (AvgIpc) is 2.88. The standard InChI is InChI=1S/C23H27N2O.ClHO4/c1-23(2)20-7-5-6-8-21(20)25-15-19(26)14-17(22(23)25)13-16-9-11-18(12-10-16)24(3)4;2-1(3,4)5/h5-13,19,26H,14-15H2,1-4H3;(H,2,3,4,5)/q+1;/p-1. The van der Waals surface area contributed by atoms with E-state index in [1.807, 2.05) is 0 Å². The van der Waals surface area contributed by atoms with E-state index >= 15 is 0 Å². The van der Waals surface area contributed by atoms with Gasteiger partial charge in [0.05, 0.1) is 5.41 Å². The van der Waals surface area contributed by atoms with Crippen molar-refractivity contribution < 1.29 is 38.6 Å². The molecular formula is C23H27ClN2O5. The van der Waals surface area contributed by atoms with Gasteiger partial charge in [0.2, 0.25) is 5.69 Å². The smallest absolute Gasteiger partial charge is 0.209 e. The van der Waals surface area contributed by atoms with Crippen molar-refractivity contribution in [3.05, 3.63) is 65.2 Å². The van der Waals surface area contributed by atoms with Crippen molar-refractivity contribution in [3.63, 3.8) is 0 Å². The van der Waals surface area contributed by atoms with Crippen molar-refractivity contribution >= 4 is 23.2 Å². The maximum Gasteiger partial charge on any atom is 0.209 e. The number of fused-ring (bicyclic) bond motifs is 2. The van der Waals surface area contributed by atoms with Crippen LogP contribution in [0, 0.1) is 10.2 Å². The van der Waals surface area contributed by atoms with Crippen molar-refractivity contribution in [2.24, 2.45) is 0 Å². The van der Waals surface area contributed by atoms with Crippen molar-refractivity contribution in [3.8, 4) is 0 Å². The van der Waals surface area contributed by atoms with E-state index < -0.39 is 10.2 Å². The second-order valence-electron chi connectivity index (χ2n) is 8.49. The van der Waals surface area contributed by atoms with Crippen LogP contribution in [0.2, 0.25) is 0 Å². The Hall–Kier alpha value is -2.26. The maximum absolute atomic E-state index is 10.5. The molecule has 0 radical (unpaired) electrons. The van der Waals surface area contributed by atoms with Gasteiger partial charge in [0, 0.05) is 43.4 Å². The fourth-order valence-electron chi connectivity index (χ4n) is 4.41. The molecule has 1 unspecified atom stereocenters. The molecule has 7 nitrogen and oxygen atoms in total. The highest BCUT2D eigenvalue weighted by atomic mass is 35.7. The topological polar surface area (TPSA) is 119 Å². The second kappa shape index (κ2) is 8.70. The van der Waals surface area contributed by atoms with Crippen LogP contribution in [-0.4, -0.2) is 42.1 Å². The van der Waals surface area contributed by atoms with Gasteiger partial charge in [-0.25, -0.2) is 18.6 Å². The van der Waals surface area contributed by atoms with Crippen molar-refractivity contribution in [2.75, 3.05) is 25.5 Å². The summed E-state index contributed by atoms with van der Waals surface area (Å²) in [6.07, 6.45) is 2.62. The number of aliphatic hydroxyl groups excluding tert-OH is 1. The van der Waals surface area contributed by atoms with Gasteiger partial charge in [0.15, 0.2) is 12.3 Å². The molecule has 1 N–H and O–H groups in total. The highest BCUT2D eigenvalue weighted by Crippen LogP contribution is 2.44. The summed E-state index contributed by atoms with van der Waals surface area (Å²) in [5.74, 6) is 0. The summed E-state index contributed by atoms with van der Waals surface area (Å²) in [5, 5.41) is 10.5. The number of para-hydroxylation sites is 1. The molecule has 2 aromatic carbocycles. The SMILES string of the molecule is CN(C)c1ccc(C=C2CC(O)C[N+]3=C2C(C)(C)c2ccccc23)cc1.[O-][Cl+3]([O-])([O-])[O-]. The van der Waals surface area contributed by atoms with Crippen LogP contribution in [0.15, 0.2) is 54.1 Å². The van der Waals surface area contributed by atoms with Crippen molar-refractivity contribution in [2.45, 2.75) is 31.8 Å². The molecule has 0 amide bonds. The Morgan fingerprint density at radius 3 is 2.19 bits per heavy atom. The molecule has 2 aromatic rings. The van der Waals surface area contributed by atoms with E-state index in [1.54, 1.807) is 0 Å². The number of benzene rings is 2. The van der Waals surface area contributed by atoms with E-state index in [-0.39, 0.29) is 11.5 Å². The first-order chi connectivity index (χ1) is 14.4. The van der Waals surface area contributed by atoms with Gasteiger partial charge in [-0.05, 0) is 37.6 Å². The summed E-state index contributed by atoms with van der Waals surface area (Å²) in [7, 11) is -0.839. The molecule has 4 rings (SSSR count). The normalized spacial score (nSPS) is 20.7. The molecule has 31 heavy (non-hydrogen) atoms. The third-order valence-electron chi connectivity index (χ3n) is 5.63. The van der Waals surface area contributed by atoms with Crippen LogP contribution in [0.5, 0.6) is 0 Å². The van der Waals surface area contributed by atoms with Gasteiger partial charge >= 0.3 is 0 Å². The molecule has 2 aliphatic heterocycles. The number of hydrogen-bond donors (Lipinski definition) is 1. The summed E-state index contributed by atoms with van der Waals surface area (Å²) in [6.45, 7) is 5.26. The fraction of sp³-hybridized carbons (Fsp3) is 0.348. The predicted molar refractivity (Wildman–Crippen MR) is 109 cm³/mol. The maximum atomic E-state index is 10.5. The molecule has 8 heteroatoms. The van der Waals surface area contributed by atoms with Crippen molar-refractivity contribution in [1.29, 1.82) is 0 Å². The first kappa shape index (κ1) is 23.4. The highest BCUT2D eigenvalue weighted by molar-refractivity contribution is 6.10. The summed E-state index contributed by atoms with van der Waals surface area (Å²) >= 11 is 0. The second-order valence-corrected chi connectivity index (χ2v) is 9.25. The van der Waals surface area contributed by atoms with Gasteiger partial charge in [-0.3, -0.25) is 0 Å². The van der Waals surface area contributed by atoms with Crippen LogP contribution in [0.4, 0.5) is 11.4 Å². The molecule has 0 spiro atoms. The number of hydrogen-bond acceptors (Lipinski definition) is 6. The Morgan fingerprint density at radius 2 is 1.61 bits per heavy atom.